The monoisotopic (exact) mass is 268 g/mol. The van der Waals surface area contributed by atoms with Crippen molar-refractivity contribution >= 4 is 23.1 Å². The van der Waals surface area contributed by atoms with Crippen molar-refractivity contribution in [1.82, 2.24) is 4.90 Å². The topological polar surface area (TPSA) is 46.3 Å². The van der Waals surface area contributed by atoms with Crippen LogP contribution in [0.2, 0.25) is 0 Å². The third-order valence-electron chi connectivity index (χ3n) is 2.48. The molecular weight excluding hydrogens is 251 g/mol. The van der Waals surface area contributed by atoms with Gasteiger partial charge in [0.15, 0.2) is 0 Å². The number of nitrogens with zero attached hydrogens (tertiary/aromatic N) is 1. The summed E-state index contributed by atoms with van der Waals surface area (Å²) in [5, 5.41) is 0. The molecule has 0 saturated heterocycles. The van der Waals surface area contributed by atoms with Gasteiger partial charge >= 0.3 is 0 Å². The Morgan fingerprint density at radius 2 is 2.17 bits per heavy atom. The highest BCUT2D eigenvalue weighted by Crippen LogP contribution is 2.13. The standard InChI is InChI=1S/C13H17FN2OS/c1-3-6-16(8-12(15)18)13(17)10-5-4-9(2)7-11(10)14/h4-5,7H,3,6,8H2,1-2H3,(H2,15,18). The number of carbonyl (C=O) groups is 1. The van der Waals surface area contributed by atoms with E-state index < -0.39 is 5.82 Å². The van der Waals surface area contributed by atoms with Gasteiger partial charge < -0.3 is 10.6 Å². The second-order valence-corrected chi connectivity index (χ2v) is 4.70. The van der Waals surface area contributed by atoms with Gasteiger partial charge in [0.25, 0.3) is 5.91 Å². The van der Waals surface area contributed by atoms with Gasteiger partial charge in [-0.05, 0) is 31.0 Å². The number of amides is 1. The number of hydrogen-bond donors (Lipinski definition) is 1. The van der Waals surface area contributed by atoms with Gasteiger partial charge in [-0.2, -0.15) is 0 Å². The Balaban J connectivity index is 2.97. The van der Waals surface area contributed by atoms with E-state index in [2.05, 4.69) is 0 Å². The number of rotatable bonds is 5. The lowest BCUT2D eigenvalue weighted by Gasteiger charge is -2.21. The molecule has 1 aromatic carbocycles. The number of nitrogens with two attached hydrogens (primary N) is 1. The number of aryl methyl sites for hydroxylation is 1. The Morgan fingerprint density at radius 1 is 1.50 bits per heavy atom. The third-order valence-corrected chi connectivity index (χ3v) is 2.61. The second kappa shape index (κ2) is 6.44. The van der Waals surface area contributed by atoms with E-state index in [4.69, 9.17) is 18.0 Å². The van der Waals surface area contributed by atoms with Gasteiger partial charge in [0.05, 0.1) is 17.1 Å². The lowest BCUT2D eigenvalue weighted by Crippen LogP contribution is -2.38. The average molecular weight is 268 g/mol. The van der Waals surface area contributed by atoms with Crippen LogP contribution < -0.4 is 5.73 Å². The molecule has 0 saturated carbocycles. The molecule has 0 aliphatic heterocycles. The molecular formula is C13H17FN2OS. The Morgan fingerprint density at radius 3 is 2.67 bits per heavy atom. The normalized spacial score (nSPS) is 10.2. The van der Waals surface area contributed by atoms with E-state index in [1.54, 1.807) is 13.0 Å². The van der Waals surface area contributed by atoms with Crippen LogP contribution in [0.15, 0.2) is 18.2 Å². The van der Waals surface area contributed by atoms with Crippen molar-refractivity contribution < 1.29 is 9.18 Å². The van der Waals surface area contributed by atoms with Crippen LogP contribution in [0.5, 0.6) is 0 Å². The Labute approximate surface area is 112 Å². The number of hydrogen-bond acceptors (Lipinski definition) is 2. The molecule has 2 N–H and O–H groups in total. The van der Waals surface area contributed by atoms with Crippen LogP contribution in [-0.4, -0.2) is 28.9 Å². The first-order valence-corrected chi connectivity index (χ1v) is 6.20. The summed E-state index contributed by atoms with van der Waals surface area (Å²) in [7, 11) is 0. The van der Waals surface area contributed by atoms with Crippen molar-refractivity contribution in [2.75, 3.05) is 13.1 Å². The lowest BCUT2D eigenvalue weighted by molar-refractivity contribution is 0.0775. The molecule has 0 bridgehead atoms. The molecule has 0 radical (unpaired) electrons. The molecule has 0 heterocycles. The Hall–Kier alpha value is -1.49. The summed E-state index contributed by atoms with van der Waals surface area (Å²) in [5.41, 5.74) is 6.28. The van der Waals surface area contributed by atoms with Gasteiger partial charge in [-0.3, -0.25) is 4.79 Å². The van der Waals surface area contributed by atoms with Crippen LogP contribution in [-0.2, 0) is 0 Å². The summed E-state index contributed by atoms with van der Waals surface area (Å²) in [6, 6.07) is 4.55. The van der Waals surface area contributed by atoms with E-state index in [1.165, 1.54) is 17.0 Å². The fourth-order valence-electron chi connectivity index (χ4n) is 1.67. The summed E-state index contributed by atoms with van der Waals surface area (Å²) >= 11 is 4.80. The third kappa shape index (κ3) is 3.77. The van der Waals surface area contributed by atoms with E-state index in [-0.39, 0.29) is 23.0 Å². The van der Waals surface area contributed by atoms with E-state index >= 15 is 0 Å². The molecule has 1 aromatic rings. The number of benzene rings is 1. The van der Waals surface area contributed by atoms with Gasteiger partial charge in [-0.15, -0.1) is 0 Å². The minimum Gasteiger partial charge on any atom is -0.392 e. The van der Waals surface area contributed by atoms with E-state index in [0.29, 0.717) is 6.54 Å². The molecule has 98 valence electrons. The first-order valence-electron chi connectivity index (χ1n) is 5.79. The maximum Gasteiger partial charge on any atom is 0.257 e. The zero-order valence-electron chi connectivity index (χ0n) is 10.6. The molecule has 18 heavy (non-hydrogen) atoms. The van der Waals surface area contributed by atoms with Crippen LogP contribution in [0, 0.1) is 12.7 Å². The highest BCUT2D eigenvalue weighted by Gasteiger charge is 2.19. The molecule has 0 aliphatic carbocycles. The SMILES string of the molecule is CCCN(CC(N)=S)C(=O)c1ccc(C)cc1F. The molecule has 3 nitrogen and oxygen atoms in total. The molecule has 0 aliphatic rings. The molecule has 0 aromatic heterocycles. The first-order chi connectivity index (χ1) is 8.45. The highest BCUT2D eigenvalue weighted by molar-refractivity contribution is 7.80. The number of carbonyl (C=O) groups excluding carboxylic acids is 1. The summed E-state index contributed by atoms with van der Waals surface area (Å²) < 4.78 is 13.7. The van der Waals surface area contributed by atoms with E-state index in [1.807, 2.05) is 6.92 Å². The fourth-order valence-corrected chi connectivity index (χ4v) is 1.83. The van der Waals surface area contributed by atoms with E-state index in [9.17, 15) is 9.18 Å². The lowest BCUT2D eigenvalue weighted by atomic mass is 10.1. The van der Waals surface area contributed by atoms with Crippen molar-refractivity contribution in [3.63, 3.8) is 0 Å². The zero-order chi connectivity index (χ0) is 13.7. The zero-order valence-corrected chi connectivity index (χ0v) is 11.4. The van der Waals surface area contributed by atoms with Crippen molar-refractivity contribution in [2.24, 2.45) is 5.73 Å². The van der Waals surface area contributed by atoms with Crippen LogP contribution in [0.25, 0.3) is 0 Å². The Kier molecular flexibility index (Phi) is 5.22. The van der Waals surface area contributed by atoms with Crippen molar-refractivity contribution in [2.45, 2.75) is 20.3 Å². The van der Waals surface area contributed by atoms with E-state index in [0.717, 1.165) is 12.0 Å². The molecule has 0 atom stereocenters. The molecule has 1 rings (SSSR count). The van der Waals surface area contributed by atoms with Gasteiger partial charge in [0.1, 0.15) is 5.82 Å². The Bertz CT molecular complexity index is 462. The predicted molar refractivity (Wildman–Crippen MR) is 74.1 cm³/mol. The predicted octanol–water partition coefficient (Wildman–Crippen LogP) is 2.27. The van der Waals surface area contributed by atoms with Crippen LogP contribution in [0.4, 0.5) is 4.39 Å². The second-order valence-electron chi connectivity index (χ2n) is 4.18. The van der Waals surface area contributed by atoms with Gasteiger partial charge in [-0.25, -0.2) is 4.39 Å². The molecule has 5 heteroatoms. The summed E-state index contributed by atoms with van der Waals surface area (Å²) in [4.78, 5) is 13.9. The molecule has 1 amide bonds. The minimum atomic E-state index is -0.510. The van der Waals surface area contributed by atoms with Gasteiger partial charge in [0, 0.05) is 6.54 Å². The van der Waals surface area contributed by atoms with Crippen LogP contribution in [0.3, 0.4) is 0 Å². The molecule has 0 spiro atoms. The summed E-state index contributed by atoms with van der Waals surface area (Å²) in [6.45, 7) is 4.39. The maximum atomic E-state index is 13.7. The van der Waals surface area contributed by atoms with Gasteiger partial charge in [0.2, 0.25) is 0 Å². The number of thiocarbonyl (C=S) groups is 1. The fraction of sp³-hybridized carbons (Fsp3) is 0.385. The maximum absolute atomic E-state index is 13.7. The number of halogens is 1. The largest absolute Gasteiger partial charge is 0.392 e. The minimum absolute atomic E-state index is 0.0605. The first kappa shape index (κ1) is 14.6. The van der Waals surface area contributed by atoms with Gasteiger partial charge in [-0.1, -0.05) is 25.2 Å². The quantitative estimate of drug-likeness (QED) is 0.833. The van der Waals surface area contributed by atoms with Crippen molar-refractivity contribution in [1.29, 1.82) is 0 Å². The summed E-state index contributed by atoms with van der Waals surface area (Å²) in [6.07, 6.45) is 0.766. The smallest absolute Gasteiger partial charge is 0.257 e. The average Bonchev–Trinajstić information content (AvgIpc) is 2.27. The molecule has 0 fully saturated rings. The van der Waals surface area contributed by atoms with Crippen molar-refractivity contribution in [3.05, 3.63) is 35.1 Å². The van der Waals surface area contributed by atoms with Crippen LogP contribution in [0.1, 0.15) is 29.3 Å². The van der Waals surface area contributed by atoms with Crippen LogP contribution >= 0.6 is 12.2 Å². The molecule has 0 unspecified atom stereocenters. The van der Waals surface area contributed by atoms with Crippen molar-refractivity contribution in [3.8, 4) is 0 Å². The highest BCUT2D eigenvalue weighted by atomic mass is 32.1. The summed E-state index contributed by atoms with van der Waals surface area (Å²) in [5.74, 6) is -0.883.